The Kier molecular flexibility index (Phi) is 6.29. The molecule has 2 aromatic rings. The molecule has 2 N–H and O–H groups in total. The van der Waals surface area contributed by atoms with Crippen molar-refractivity contribution in [3.63, 3.8) is 0 Å². The molecule has 6 nitrogen and oxygen atoms in total. The highest BCUT2D eigenvalue weighted by Crippen LogP contribution is 2.33. The van der Waals surface area contributed by atoms with Crippen LogP contribution < -0.4 is 10.1 Å². The quantitative estimate of drug-likeness (QED) is 0.722. The van der Waals surface area contributed by atoms with Gasteiger partial charge in [0.05, 0.1) is 24.3 Å². The molecule has 0 amide bonds. The summed E-state index contributed by atoms with van der Waals surface area (Å²) in [5.74, 6) is 1.18. The van der Waals surface area contributed by atoms with Crippen LogP contribution in [0.3, 0.4) is 0 Å². The Morgan fingerprint density at radius 1 is 1.22 bits per heavy atom. The molecule has 6 heteroatoms. The van der Waals surface area contributed by atoms with Crippen LogP contribution in [0, 0.1) is 5.92 Å². The van der Waals surface area contributed by atoms with Crippen LogP contribution in [0.25, 0.3) is 0 Å². The van der Waals surface area contributed by atoms with E-state index in [-0.39, 0.29) is 11.9 Å². The summed E-state index contributed by atoms with van der Waals surface area (Å²) in [5, 5.41) is 14.0. The highest BCUT2D eigenvalue weighted by molar-refractivity contribution is 5.72. The Morgan fingerprint density at radius 3 is 2.59 bits per heavy atom. The highest BCUT2D eigenvalue weighted by Gasteiger charge is 2.36. The fourth-order valence-electron chi connectivity index (χ4n) is 3.28. The fraction of sp³-hybridized carbons (Fsp3) is 0.429. The van der Waals surface area contributed by atoms with Crippen LogP contribution in [0.4, 0.5) is 5.69 Å². The van der Waals surface area contributed by atoms with Gasteiger partial charge in [-0.3, -0.25) is 9.78 Å². The summed E-state index contributed by atoms with van der Waals surface area (Å²) >= 11 is 0. The number of carbonyl (C=O) groups excluding carboxylic acids is 1. The van der Waals surface area contributed by atoms with E-state index in [2.05, 4.69) is 10.3 Å². The van der Waals surface area contributed by atoms with E-state index >= 15 is 0 Å². The first-order valence-electron chi connectivity index (χ1n) is 9.39. The van der Waals surface area contributed by atoms with Crippen LogP contribution >= 0.6 is 0 Å². The second-order valence-corrected chi connectivity index (χ2v) is 6.92. The van der Waals surface area contributed by atoms with Crippen molar-refractivity contribution in [1.29, 1.82) is 0 Å². The van der Waals surface area contributed by atoms with Crippen molar-refractivity contribution >= 4 is 11.7 Å². The number of benzene rings is 1. The summed E-state index contributed by atoms with van der Waals surface area (Å²) in [6.45, 7) is 2.67. The zero-order chi connectivity index (χ0) is 19.1. The van der Waals surface area contributed by atoms with E-state index in [1.165, 1.54) is 0 Å². The van der Waals surface area contributed by atoms with Crippen LogP contribution in [-0.4, -0.2) is 34.8 Å². The molecule has 1 aromatic carbocycles. The molecule has 144 valence electrons. The molecule has 0 atom stereocenters. The molecular weight excluding hydrogens is 344 g/mol. The average Bonchev–Trinajstić information content (AvgIpc) is 2.69. The van der Waals surface area contributed by atoms with Crippen LogP contribution in [0.1, 0.15) is 32.6 Å². The van der Waals surface area contributed by atoms with Gasteiger partial charge in [0, 0.05) is 18.4 Å². The average molecular weight is 370 g/mol. The van der Waals surface area contributed by atoms with Gasteiger partial charge in [-0.05, 0) is 69.0 Å². The molecule has 0 spiro atoms. The number of aromatic nitrogens is 1. The lowest BCUT2D eigenvalue weighted by Gasteiger charge is -2.35. The van der Waals surface area contributed by atoms with Gasteiger partial charge >= 0.3 is 5.97 Å². The number of pyridine rings is 1. The first-order valence-corrected chi connectivity index (χ1v) is 9.39. The number of rotatable bonds is 7. The van der Waals surface area contributed by atoms with Crippen molar-refractivity contribution in [2.45, 2.75) is 38.2 Å². The third kappa shape index (κ3) is 5.44. The summed E-state index contributed by atoms with van der Waals surface area (Å²) in [6, 6.07) is 11.2. The van der Waals surface area contributed by atoms with Crippen LogP contribution in [0.2, 0.25) is 0 Å². The zero-order valence-electron chi connectivity index (χ0n) is 15.6. The summed E-state index contributed by atoms with van der Waals surface area (Å²) in [6.07, 6.45) is 5.86. The van der Waals surface area contributed by atoms with E-state index in [4.69, 9.17) is 9.47 Å². The van der Waals surface area contributed by atoms with Gasteiger partial charge in [0.1, 0.15) is 11.5 Å². The van der Waals surface area contributed by atoms with Crippen molar-refractivity contribution < 1.29 is 19.4 Å². The van der Waals surface area contributed by atoms with Gasteiger partial charge in [0.15, 0.2) is 0 Å². The molecule has 0 saturated heterocycles. The molecule has 0 aliphatic heterocycles. The molecule has 1 aromatic heterocycles. The Bertz CT molecular complexity index is 726. The van der Waals surface area contributed by atoms with Crippen LogP contribution in [0.15, 0.2) is 48.8 Å². The number of anilines is 1. The van der Waals surface area contributed by atoms with Crippen molar-refractivity contribution in [1.82, 2.24) is 4.98 Å². The monoisotopic (exact) mass is 370 g/mol. The first kappa shape index (κ1) is 19.2. The largest absolute Gasteiger partial charge is 0.466 e. The third-order valence-electron chi connectivity index (χ3n) is 4.88. The maximum atomic E-state index is 11.8. The molecular formula is C21H26N2O4. The molecule has 1 fully saturated rings. The van der Waals surface area contributed by atoms with E-state index < -0.39 is 5.60 Å². The SMILES string of the molecule is CCOC(=O)C1CCC(O)(CNc2ccc(Oc3cccnc3)cc2)CC1. The predicted molar refractivity (Wildman–Crippen MR) is 103 cm³/mol. The van der Waals surface area contributed by atoms with Crippen LogP contribution in [-0.2, 0) is 9.53 Å². The van der Waals surface area contributed by atoms with E-state index in [1.54, 1.807) is 12.4 Å². The number of aliphatic hydroxyl groups is 1. The molecule has 0 radical (unpaired) electrons. The molecule has 27 heavy (non-hydrogen) atoms. The number of esters is 1. The Balaban J connectivity index is 1.48. The zero-order valence-corrected chi connectivity index (χ0v) is 15.6. The molecule has 0 bridgehead atoms. The number of carbonyl (C=O) groups is 1. The van der Waals surface area contributed by atoms with E-state index in [0.29, 0.717) is 44.6 Å². The van der Waals surface area contributed by atoms with Crippen molar-refractivity contribution in [2.75, 3.05) is 18.5 Å². The third-order valence-corrected chi connectivity index (χ3v) is 4.88. The summed E-state index contributed by atoms with van der Waals surface area (Å²) in [4.78, 5) is 15.8. The number of ether oxygens (including phenoxy) is 2. The first-order chi connectivity index (χ1) is 13.1. The number of nitrogens with one attached hydrogen (secondary N) is 1. The van der Waals surface area contributed by atoms with E-state index in [9.17, 15) is 9.90 Å². The minimum Gasteiger partial charge on any atom is -0.466 e. The van der Waals surface area contributed by atoms with Crippen molar-refractivity contribution in [3.05, 3.63) is 48.8 Å². The van der Waals surface area contributed by atoms with E-state index in [1.807, 2.05) is 43.3 Å². The molecule has 3 rings (SSSR count). The Morgan fingerprint density at radius 2 is 1.96 bits per heavy atom. The normalized spacial score (nSPS) is 22.1. The molecule has 1 aliphatic rings. The van der Waals surface area contributed by atoms with E-state index in [0.717, 1.165) is 11.4 Å². The molecule has 0 unspecified atom stereocenters. The van der Waals surface area contributed by atoms with Gasteiger partial charge < -0.3 is 19.9 Å². The van der Waals surface area contributed by atoms with Crippen molar-refractivity contribution in [2.24, 2.45) is 5.92 Å². The topological polar surface area (TPSA) is 80.7 Å². The minimum atomic E-state index is -0.798. The predicted octanol–water partition coefficient (Wildman–Crippen LogP) is 3.77. The molecule has 1 heterocycles. The maximum absolute atomic E-state index is 11.8. The smallest absolute Gasteiger partial charge is 0.308 e. The summed E-state index contributed by atoms with van der Waals surface area (Å²) in [7, 11) is 0. The summed E-state index contributed by atoms with van der Waals surface area (Å²) in [5.41, 5.74) is 0.114. The Hall–Kier alpha value is -2.60. The Labute approximate surface area is 159 Å². The number of hydrogen-bond donors (Lipinski definition) is 2. The molecule has 1 saturated carbocycles. The second kappa shape index (κ2) is 8.86. The van der Waals surface area contributed by atoms with Gasteiger partial charge in [0.2, 0.25) is 0 Å². The van der Waals surface area contributed by atoms with Crippen LogP contribution in [0.5, 0.6) is 11.5 Å². The second-order valence-electron chi connectivity index (χ2n) is 6.92. The number of hydrogen-bond acceptors (Lipinski definition) is 6. The lowest BCUT2D eigenvalue weighted by Crippen LogP contribution is -2.42. The highest BCUT2D eigenvalue weighted by atomic mass is 16.5. The van der Waals surface area contributed by atoms with Gasteiger partial charge in [-0.15, -0.1) is 0 Å². The van der Waals surface area contributed by atoms with Gasteiger partial charge in [0.25, 0.3) is 0 Å². The van der Waals surface area contributed by atoms with Gasteiger partial charge in [-0.25, -0.2) is 0 Å². The minimum absolute atomic E-state index is 0.0888. The lowest BCUT2D eigenvalue weighted by atomic mass is 9.78. The number of nitrogens with zero attached hydrogens (tertiary/aromatic N) is 1. The van der Waals surface area contributed by atoms with Gasteiger partial charge in [-0.1, -0.05) is 0 Å². The summed E-state index contributed by atoms with van der Waals surface area (Å²) < 4.78 is 10.8. The lowest BCUT2D eigenvalue weighted by molar-refractivity contribution is -0.150. The van der Waals surface area contributed by atoms with Crippen molar-refractivity contribution in [3.8, 4) is 11.5 Å². The maximum Gasteiger partial charge on any atom is 0.308 e. The standard InChI is InChI=1S/C21H26N2O4/c1-2-26-20(24)16-9-11-21(25,12-10-16)15-23-17-5-7-18(8-6-17)27-19-4-3-13-22-14-19/h3-8,13-14,16,23,25H,2,9-12,15H2,1H3. The molecule has 1 aliphatic carbocycles. The van der Waals surface area contributed by atoms with Gasteiger partial charge in [-0.2, -0.15) is 0 Å². The fourth-order valence-corrected chi connectivity index (χ4v) is 3.28.